The summed E-state index contributed by atoms with van der Waals surface area (Å²) >= 11 is 0. The van der Waals surface area contributed by atoms with Crippen LogP contribution in [0.1, 0.15) is 49.4 Å². The van der Waals surface area contributed by atoms with Crippen molar-refractivity contribution in [1.29, 1.82) is 0 Å². The van der Waals surface area contributed by atoms with E-state index in [1.54, 1.807) is 4.90 Å². The summed E-state index contributed by atoms with van der Waals surface area (Å²) in [6, 6.07) is 1.93. The Morgan fingerprint density at radius 2 is 2.00 bits per heavy atom. The Balaban J connectivity index is 2.12. The maximum absolute atomic E-state index is 12.5. The second-order valence-electron chi connectivity index (χ2n) is 6.34. The molecule has 0 saturated carbocycles. The second kappa shape index (κ2) is 4.72. The number of amides is 1. The van der Waals surface area contributed by atoms with Gasteiger partial charge < -0.3 is 9.88 Å². The van der Waals surface area contributed by atoms with Gasteiger partial charge in [0.1, 0.15) is 11.3 Å². The molecule has 1 aliphatic heterocycles. The summed E-state index contributed by atoms with van der Waals surface area (Å²) in [6.07, 6.45) is 0.811. The van der Waals surface area contributed by atoms with Gasteiger partial charge in [0.05, 0.1) is 17.8 Å². The zero-order valence-corrected chi connectivity index (χ0v) is 12.8. The van der Waals surface area contributed by atoms with Crippen LogP contribution in [0.15, 0.2) is 10.9 Å². The summed E-state index contributed by atoms with van der Waals surface area (Å²) in [5.41, 5.74) is 2.20. The third-order valence-electron chi connectivity index (χ3n) is 3.81. The number of nitrogens with one attached hydrogen (secondary N) is 1. The number of aromatic amines is 1. The molecule has 0 bridgehead atoms. The predicted octanol–water partition coefficient (Wildman–Crippen LogP) is 1.59. The molecule has 1 N–H and O–H groups in total. The monoisotopic (exact) mass is 288 g/mol. The molecule has 0 spiro atoms. The van der Waals surface area contributed by atoms with Crippen molar-refractivity contribution in [3.63, 3.8) is 0 Å². The van der Waals surface area contributed by atoms with E-state index < -0.39 is 0 Å². The van der Waals surface area contributed by atoms with Crippen LogP contribution in [-0.2, 0) is 13.0 Å². The van der Waals surface area contributed by atoms with Crippen molar-refractivity contribution in [2.75, 3.05) is 0 Å². The first-order valence-electron chi connectivity index (χ1n) is 7.33. The highest BCUT2D eigenvalue weighted by molar-refractivity contribution is 5.96. The zero-order chi connectivity index (χ0) is 15.3. The molecule has 6 nitrogen and oxygen atoms in total. The molecule has 1 aliphatic rings. The Morgan fingerprint density at radius 3 is 2.62 bits per heavy atom. The van der Waals surface area contributed by atoms with Gasteiger partial charge in [-0.1, -0.05) is 13.8 Å². The van der Waals surface area contributed by atoms with E-state index in [4.69, 9.17) is 0 Å². The second-order valence-corrected chi connectivity index (χ2v) is 6.34. The standard InChI is InChI=1S/C15H20N4O2/c1-8(2)5-10-6-12-16-13-11(14(20)19(12)17-10)7-18(9(3)4)15(13)21/h6,8-9,16H,5,7H2,1-4H3. The van der Waals surface area contributed by atoms with Crippen LogP contribution < -0.4 is 5.56 Å². The smallest absolute Gasteiger partial charge is 0.280 e. The Kier molecular flexibility index (Phi) is 3.11. The maximum Gasteiger partial charge on any atom is 0.280 e. The summed E-state index contributed by atoms with van der Waals surface area (Å²) in [6.45, 7) is 8.46. The molecule has 3 rings (SSSR count). The summed E-state index contributed by atoms with van der Waals surface area (Å²) in [5.74, 6) is 0.362. The largest absolute Gasteiger partial charge is 0.335 e. The number of hydrogen-bond donors (Lipinski definition) is 1. The Bertz CT molecular complexity index is 770. The fraction of sp³-hybridized carbons (Fsp3) is 0.533. The lowest BCUT2D eigenvalue weighted by molar-refractivity contribution is 0.0726. The fourth-order valence-corrected chi connectivity index (χ4v) is 2.76. The van der Waals surface area contributed by atoms with E-state index in [0.717, 1.165) is 12.1 Å². The number of H-pyrrole nitrogens is 1. The Hall–Kier alpha value is -2.11. The molecular weight excluding hydrogens is 268 g/mol. The summed E-state index contributed by atoms with van der Waals surface area (Å²) in [7, 11) is 0. The maximum atomic E-state index is 12.5. The Labute approximate surface area is 122 Å². The van der Waals surface area contributed by atoms with Crippen molar-refractivity contribution in [2.45, 2.75) is 46.7 Å². The normalized spacial score (nSPS) is 14.8. The molecule has 0 saturated heterocycles. The third-order valence-corrected chi connectivity index (χ3v) is 3.81. The van der Waals surface area contributed by atoms with Gasteiger partial charge in [-0.2, -0.15) is 9.61 Å². The molecule has 0 aliphatic carbocycles. The van der Waals surface area contributed by atoms with E-state index in [1.807, 2.05) is 19.9 Å². The lowest BCUT2D eigenvalue weighted by Crippen LogP contribution is -2.31. The molecular formula is C15H20N4O2. The minimum atomic E-state index is -0.190. The van der Waals surface area contributed by atoms with Crippen LogP contribution in [-0.4, -0.2) is 31.4 Å². The van der Waals surface area contributed by atoms with Crippen LogP contribution in [0.5, 0.6) is 0 Å². The fourth-order valence-electron chi connectivity index (χ4n) is 2.76. The van der Waals surface area contributed by atoms with Crippen molar-refractivity contribution in [3.05, 3.63) is 33.4 Å². The molecule has 21 heavy (non-hydrogen) atoms. The summed E-state index contributed by atoms with van der Waals surface area (Å²) in [4.78, 5) is 29.7. The first-order chi connectivity index (χ1) is 9.88. The number of aromatic nitrogens is 3. The molecule has 2 aromatic heterocycles. The molecule has 3 heterocycles. The average Bonchev–Trinajstić information content (AvgIpc) is 2.92. The zero-order valence-electron chi connectivity index (χ0n) is 12.8. The minimum Gasteiger partial charge on any atom is -0.335 e. The van der Waals surface area contributed by atoms with Crippen LogP contribution in [0.4, 0.5) is 0 Å². The van der Waals surface area contributed by atoms with Crippen molar-refractivity contribution in [3.8, 4) is 0 Å². The van der Waals surface area contributed by atoms with Crippen LogP contribution in [0, 0.1) is 5.92 Å². The lowest BCUT2D eigenvalue weighted by atomic mass is 10.1. The highest BCUT2D eigenvalue weighted by Crippen LogP contribution is 2.21. The van der Waals surface area contributed by atoms with Gasteiger partial charge in [-0.25, -0.2) is 0 Å². The van der Waals surface area contributed by atoms with Gasteiger partial charge in [-0.05, 0) is 26.2 Å². The van der Waals surface area contributed by atoms with Gasteiger partial charge in [-0.3, -0.25) is 9.59 Å². The number of carbonyl (C=O) groups is 1. The summed E-state index contributed by atoms with van der Waals surface area (Å²) in [5, 5.41) is 4.37. The van der Waals surface area contributed by atoms with Gasteiger partial charge in [0, 0.05) is 12.1 Å². The van der Waals surface area contributed by atoms with Crippen LogP contribution in [0.25, 0.3) is 5.65 Å². The molecule has 2 aromatic rings. The van der Waals surface area contributed by atoms with E-state index in [-0.39, 0.29) is 17.5 Å². The minimum absolute atomic E-state index is 0.0709. The topological polar surface area (TPSA) is 70.5 Å². The quantitative estimate of drug-likeness (QED) is 0.932. The summed E-state index contributed by atoms with van der Waals surface area (Å²) < 4.78 is 1.38. The first kappa shape index (κ1) is 13.9. The van der Waals surface area contributed by atoms with Crippen LogP contribution in [0.3, 0.4) is 0 Å². The average molecular weight is 288 g/mol. The van der Waals surface area contributed by atoms with E-state index in [0.29, 0.717) is 29.4 Å². The van der Waals surface area contributed by atoms with Gasteiger partial charge in [-0.15, -0.1) is 0 Å². The van der Waals surface area contributed by atoms with Crippen LogP contribution >= 0.6 is 0 Å². The Morgan fingerprint density at radius 1 is 1.29 bits per heavy atom. The molecule has 0 unspecified atom stereocenters. The van der Waals surface area contributed by atoms with Gasteiger partial charge in [0.2, 0.25) is 0 Å². The highest BCUT2D eigenvalue weighted by atomic mass is 16.2. The van der Waals surface area contributed by atoms with E-state index in [1.165, 1.54) is 4.52 Å². The van der Waals surface area contributed by atoms with Gasteiger partial charge in [0.15, 0.2) is 0 Å². The molecule has 6 heteroatoms. The highest BCUT2D eigenvalue weighted by Gasteiger charge is 2.33. The van der Waals surface area contributed by atoms with Gasteiger partial charge >= 0.3 is 0 Å². The lowest BCUT2D eigenvalue weighted by Gasteiger charge is -2.19. The molecule has 0 atom stereocenters. The van der Waals surface area contributed by atoms with Crippen molar-refractivity contribution in [1.82, 2.24) is 19.5 Å². The SMILES string of the molecule is CC(C)Cc1cc2[nH]c3c(c(=O)n2n1)CN(C(C)C)C3=O. The van der Waals surface area contributed by atoms with E-state index >= 15 is 0 Å². The molecule has 0 aromatic carbocycles. The molecule has 0 radical (unpaired) electrons. The van der Waals surface area contributed by atoms with Gasteiger partial charge in [0.25, 0.3) is 11.5 Å². The number of hydrogen-bond acceptors (Lipinski definition) is 3. The van der Waals surface area contributed by atoms with Crippen molar-refractivity contribution < 1.29 is 4.79 Å². The number of rotatable bonds is 3. The number of nitrogens with zero attached hydrogens (tertiary/aromatic N) is 3. The third kappa shape index (κ3) is 2.14. The van der Waals surface area contributed by atoms with Crippen LogP contribution in [0.2, 0.25) is 0 Å². The van der Waals surface area contributed by atoms with Crippen molar-refractivity contribution >= 4 is 11.6 Å². The predicted molar refractivity (Wildman–Crippen MR) is 79.4 cm³/mol. The van der Waals surface area contributed by atoms with Crippen molar-refractivity contribution in [2.24, 2.45) is 5.92 Å². The molecule has 112 valence electrons. The molecule has 1 amide bonds. The van der Waals surface area contributed by atoms with E-state index in [9.17, 15) is 9.59 Å². The van der Waals surface area contributed by atoms with E-state index in [2.05, 4.69) is 23.9 Å². The first-order valence-corrected chi connectivity index (χ1v) is 7.33. The molecule has 0 fully saturated rings. The number of fused-ring (bicyclic) bond motifs is 2. The number of carbonyl (C=O) groups excluding carboxylic acids is 1.